The van der Waals surface area contributed by atoms with Gasteiger partial charge in [0.25, 0.3) is 5.91 Å². The van der Waals surface area contributed by atoms with Gasteiger partial charge in [-0.3, -0.25) is 14.1 Å². The zero-order valence-corrected chi connectivity index (χ0v) is 19.4. The number of nitrogens with zero attached hydrogens (tertiary/aromatic N) is 5. The van der Waals surface area contributed by atoms with Crippen LogP contribution in [0.4, 0.5) is 0 Å². The van der Waals surface area contributed by atoms with Gasteiger partial charge in [-0.1, -0.05) is 17.7 Å². The maximum absolute atomic E-state index is 13.3. The van der Waals surface area contributed by atoms with Gasteiger partial charge in [0.05, 0.1) is 5.69 Å². The lowest BCUT2D eigenvalue weighted by Crippen LogP contribution is -2.35. The molecule has 0 radical (unpaired) electrons. The van der Waals surface area contributed by atoms with Crippen LogP contribution in [0.15, 0.2) is 35.8 Å². The SMILES string of the molecule is Cc1ccc(OCCN(C)Cc2c(C(=O)N3CCCN(C)CC3)nc3sccn23)cc1. The Kier molecular flexibility index (Phi) is 6.89. The Morgan fingerprint density at radius 3 is 2.81 bits per heavy atom. The lowest BCUT2D eigenvalue weighted by atomic mass is 10.2. The summed E-state index contributed by atoms with van der Waals surface area (Å²) in [5.41, 5.74) is 2.76. The molecule has 1 aliphatic rings. The Balaban J connectivity index is 1.43. The molecule has 0 N–H and O–H groups in total. The van der Waals surface area contributed by atoms with Gasteiger partial charge in [0.2, 0.25) is 0 Å². The van der Waals surface area contributed by atoms with E-state index in [-0.39, 0.29) is 5.91 Å². The van der Waals surface area contributed by atoms with E-state index in [1.165, 1.54) is 5.56 Å². The van der Waals surface area contributed by atoms with Crippen LogP contribution >= 0.6 is 11.3 Å². The van der Waals surface area contributed by atoms with E-state index in [9.17, 15) is 4.79 Å². The number of hydrogen-bond donors (Lipinski definition) is 0. The number of aryl methyl sites for hydroxylation is 1. The number of likely N-dealkylation sites (N-methyl/N-ethyl adjacent to an activating group) is 2. The van der Waals surface area contributed by atoms with Crippen molar-refractivity contribution in [2.75, 3.05) is 53.4 Å². The number of thiazole rings is 1. The number of amides is 1. The first-order chi connectivity index (χ1) is 15.0. The third kappa shape index (κ3) is 5.26. The average Bonchev–Trinajstić information content (AvgIpc) is 3.27. The molecule has 166 valence electrons. The highest BCUT2D eigenvalue weighted by Gasteiger charge is 2.26. The van der Waals surface area contributed by atoms with Crippen molar-refractivity contribution in [3.05, 3.63) is 52.8 Å². The second-order valence-corrected chi connectivity index (χ2v) is 9.18. The molecule has 0 bridgehead atoms. The van der Waals surface area contributed by atoms with Gasteiger partial charge in [-0.05, 0) is 46.1 Å². The normalized spacial score (nSPS) is 15.5. The molecule has 31 heavy (non-hydrogen) atoms. The van der Waals surface area contributed by atoms with Crippen LogP contribution in [-0.2, 0) is 6.54 Å². The van der Waals surface area contributed by atoms with Crippen LogP contribution in [0.2, 0.25) is 0 Å². The molecule has 1 aliphatic heterocycles. The summed E-state index contributed by atoms with van der Waals surface area (Å²) in [6.07, 6.45) is 3.00. The Bertz CT molecular complexity index is 1010. The minimum atomic E-state index is 0.0468. The fourth-order valence-corrected chi connectivity index (χ4v) is 4.58. The molecule has 3 aromatic rings. The third-order valence-electron chi connectivity index (χ3n) is 5.75. The topological polar surface area (TPSA) is 53.3 Å². The average molecular weight is 442 g/mol. The van der Waals surface area contributed by atoms with E-state index >= 15 is 0 Å². The van der Waals surface area contributed by atoms with E-state index in [4.69, 9.17) is 9.72 Å². The van der Waals surface area contributed by atoms with Crippen LogP contribution in [0.1, 0.15) is 28.2 Å². The maximum atomic E-state index is 13.3. The molecule has 2 aromatic heterocycles. The van der Waals surface area contributed by atoms with Gasteiger partial charge < -0.3 is 14.5 Å². The number of aromatic nitrogens is 2. The molecule has 0 aliphatic carbocycles. The van der Waals surface area contributed by atoms with Crippen LogP contribution in [0.5, 0.6) is 5.75 Å². The van der Waals surface area contributed by atoms with Gasteiger partial charge in [-0.15, -0.1) is 11.3 Å². The van der Waals surface area contributed by atoms with E-state index in [0.29, 0.717) is 18.8 Å². The zero-order valence-electron chi connectivity index (χ0n) is 18.6. The first kappa shape index (κ1) is 21.8. The second kappa shape index (κ2) is 9.80. The predicted molar refractivity (Wildman–Crippen MR) is 124 cm³/mol. The number of rotatable bonds is 7. The van der Waals surface area contributed by atoms with E-state index < -0.39 is 0 Å². The molecule has 8 heteroatoms. The van der Waals surface area contributed by atoms with Crippen molar-refractivity contribution in [2.45, 2.75) is 19.9 Å². The van der Waals surface area contributed by atoms with Crippen molar-refractivity contribution < 1.29 is 9.53 Å². The molecule has 0 atom stereocenters. The Morgan fingerprint density at radius 1 is 1.19 bits per heavy atom. The summed E-state index contributed by atoms with van der Waals surface area (Å²) < 4.78 is 7.93. The summed E-state index contributed by atoms with van der Waals surface area (Å²) in [5, 5.41) is 2.02. The molecule has 1 amide bonds. The lowest BCUT2D eigenvalue weighted by Gasteiger charge is -2.21. The van der Waals surface area contributed by atoms with Gasteiger partial charge >= 0.3 is 0 Å². The van der Waals surface area contributed by atoms with Crippen LogP contribution in [-0.4, -0.2) is 83.4 Å². The highest BCUT2D eigenvalue weighted by Crippen LogP contribution is 2.21. The molecule has 1 aromatic carbocycles. The molecule has 0 saturated carbocycles. The van der Waals surface area contributed by atoms with E-state index in [2.05, 4.69) is 47.4 Å². The summed E-state index contributed by atoms with van der Waals surface area (Å²) in [7, 11) is 4.17. The highest BCUT2D eigenvalue weighted by molar-refractivity contribution is 7.15. The van der Waals surface area contributed by atoms with Gasteiger partial charge in [-0.25, -0.2) is 4.98 Å². The van der Waals surface area contributed by atoms with Gasteiger partial charge in [0, 0.05) is 44.3 Å². The molecule has 7 nitrogen and oxygen atoms in total. The van der Waals surface area contributed by atoms with Gasteiger partial charge in [0.15, 0.2) is 10.7 Å². The van der Waals surface area contributed by atoms with E-state index in [1.807, 2.05) is 28.6 Å². The highest BCUT2D eigenvalue weighted by atomic mass is 32.1. The van der Waals surface area contributed by atoms with Crippen molar-refractivity contribution in [2.24, 2.45) is 0 Å². The quantitative estimate of drug-likeness (QED) is 0.564. The van der Waals surface area contributed by atoms with Gasteiger partial charge in [-0.2, -0.15) is 0 Å². The zero-order chi connectivity index (χ0) is 21.8. The predicted octanol–water partition coefficient (Wildman–Crippen LogP) is 2.99. The minimum Gasteiger partial charge on any atom is -0.492 e. The second-order valence-electron chi connectivity index (χ2n) is 8.31. The fourth-order valence-electron chi connectivity index (χ4n) is 3.84. The first-order valence-corrected chi connectivity index (χ1v) is 11.7. The summed E-state index contributed by atoms with van der Waals surface area (Å²) >= 11 is 1.56. The molecule has 0 unspecified atom stereocenters. The number of hydrogen-bond acceptors (Lipinski definition) is 6. The maximum Gasteiger partial charge on any atom is 0.274 e. The number of benzene rings is 1. The van der Waals surface area contributed by atoms with Gasteiger partial charge in [0.1, 0.15) is 12.4 Å². The Morgan fingerprint density at radius 2 is 2.00 bits per heavy atom. The molecule has 3 heterocycles. The van der Waals surface area contributed by atoms with Crippen LogP contribution in [0, 0.1) is 6.92 Å². The smallest absolute Gasteiger partial charge is 0.274 e. The lowest BCUT2D eigenvalue weighted by molar-refractivity contribution is 0.0755. The molecular formula is C23H31N5O2S. The monoisotopic (exact) mass is 441 g/mol. The number of imidazole rings is 1. The first-order valence-electron chi connectivity index (χ1n) is 10.8. The minimum absolute atomic E-state index is 0.0468. The summed E-state index contributed by atoms with van der Waals surface area (Å²) in [5.74, 6) is 0.927. The number of ether oxygens (including phenoxy) is 1. The van der Waals surface area contributed by atoms with Crippen molar-refractivity contribution in [1.82, 2.24) is 24.1 Å². The largest absolute Gasteiger partial charge is 0.492 e. The van der Waals surface area contributed by atoms with E-state index in [0.717, 1.165) is 55.5 Å². The molecule has 1 fully saturated rings. The summed E-state index contributed by atoms with van der Waals surface area (Å²) in [6, 6.07) is 8.10. The molecular weight excluding hydrogens is 410 g/mol. The number of fused-ring (bicyclic) bond motifs is 1. The molecule has 0 spiro atoms. The van der Waals surface area contributed by atoms with Crippen molar-refractivity contribution in [3.63, 3.8) is 0 Å². The van der Waals surface area contributed by atoms with Crippen LogP contribution in [0.25, 0.3) is 4.96 Å². The van der Waals surface area contributed by atoms with Crippen LogP contribution < -0.4 is 4.74 Å². The Hall–Kier alpha value is -2.42. The number of carbonyl (C=O) groups is 1. The molecule has 4 rings (SSSR count). The van der Waals surface area contributed by atoms with Crippen molar-refractivity contribution in [3.8, 4) is 5.75 Å². The third-order valence-corrected chi connectivity index (χ3v) is 6.51. The van der Waals surface area contributed by atoms with E-state index in [1.54, 1.807) is 11.3 Å². The number of carbonyl (C=O) groups excluding carboxylic acids is 1. The fraction of sp³-hybridized carbons (Fsp3) is 0.478. The van der Waals surface area contributed by atoms with Crippen molar-refractivity contribution >= 4 is 22.2 Å². The summed E-state index contributed by atoms with van der Waals surface area (Å²) in [6.45, 7) is 7.52. The summed E-state index contributed by atoms with van der Waals surface area (Å²) in [4.78, 5) is 25.3. The standard InChI is InChI=1S/C23H31N5O2S/c1-18-5-7-19(8-6-18)30-15-13-26(3)17-20-21(24-23-28(20)14-16-31-23)22(29)27-10-4-9-25(2)11-12-27/h5-8,14,16H,4,9-13,15,17H2,1-3H3. The Labute approximate surface area is 187 Å². The molecule has 1 saturated heterocycles. The van der Waals surface area contributed by atoms with Crippen LogP contribution in [0.3, 0.4) is 0 Å². The van der Waals surface area contributed by atoms with Crippen molar-refractivity contribution in [1.29, 1.82) is 0 Å².